The minimum absolute atomic E-state index is 0.224. The summed E-state index contributed by atoms with van der Waals surface area (Å²) in [6, 6.07) is 1.81. The molecule has 0 spiro atoms. The van der Waals surface area contributed by atoms with Crippen LogP contribution in [-0.2, 0) is 11.3 Å². The Morgan fingerprint density at radius 3 is 2.82 bits per heavy atom. The average molecular weight is 241 g/mol. The van der Waals surface area contributed by atoms with Crippen molar-refractivity contribution in [1.29, 1.82) is 0 Å². The molecule has 0 fully saturated rings. The Morgan fingerprint density at radius 2 is 2.35 bits per heavy atom. The van der Waals surface area contributed by atoms with E-state index in [-0.39, 0.29) is 11.6 Å². The summed E-state index contributed by atoms with van der Waals surface area (Å²) in [5, 5.41) is 12.1. The molecular formula is C12H19NO4. The summed E-state index contributed by atoms with van der Waals surface area (Å²) in [4.78, 5) is 10.8. The lowest BCUT2D eigenvalue weighted by Crippen LogP contribution is -2.31. The molecule has 5 nitrogen and oxygen atoms in total. The maximum absolute atomic E-state index is 10.8. The fourth-order valence-corrected chi connectivity index (χ4v) is 1.61. The van der Waals surface area contributed by atoms with Gasteiger partial charge in [0.05, 0.1) is 13.2 Å². The molecule has 0 aromatic carbocycles. The van der Waals surface area contributed by atoms with E-state index in [1.165, 1.54) is 0 Å². The van der Waals surface area contributed by atoms with Gasteiger partial charge in [0.1, 0.15) is 17.1 Å². The zero-order valence-electron chi connectivity index (χ0n) is 10.4. The van der Waals surface area contributed by atoms with E-state index in [1.807, 2.05) is 0 Å². The fourth-order valence-electron chi connectivity index (χ4n) is 1.61. The molecule has 17 heavy (non-hydrogen) atoms. The Kier molecular flexibility index (Phi) is 5.18. The van der Waals surface area contributed by atoms with Crippen molar-refractivity contribution < 1.29 is 19.1 Å². The minimum Gasteiger partial charge on any atom is -0.478 e. The minimum atomic E-state index is -0.957. The monoisotopic (exact) mass is 241 g/mol. The van der Waals surface area contributed by atoms with Crippen LogP contribution in [-0.4, -0.2) is 30.8 Å². The number of carboxylic acid groups (broad SMARTS) is 1. The van der Waals surface area contributed by atoms with Crippen LogP contribution in [0.1, 0.15) is 35.2 Å². The number of nitrogens with one attached hydrogen (secondary N) is 1. The van der Waals surface area contributed by atoms with E-state index in [4.69, 9.17) is 14.3 Å². The maximum Gasteiger partial charge on any atom is 0.339 e. The van der Waals surface area contributed by atoms with Crippen LogP contribution in [0.5, 0.6) is 0 Å². The highest BCUT2D eigenvalue weighted by molar-refractivity contribution is 5.88. The molecule has 1 aromatic heterocycles. The van der Waals surface area contributed by atoms with Gasteiger partial charge < -0.3 is 19.6 Å². The highest BCUT2D eigenvalue weighted by Gasteiger charge is 2.14. The van der Waals surface area contributed by atoms with Crippen molar-refractivity contribution >= 4 is 5.97 Å². The van der Waals surface area contributed by atoms with Gasteiger partial charge in [0.25, 0.3) is 0 Å². The second kappa shape index (κ2) is 6.42. The Hall–Kier alpha value is -1.33. The molecule has 0 aliphatic heterocycles. The number of aryl methyl sites for hydroxylation is 1. The number of carboxylic acids is 1. The van der Waals surface area contributed by atoms with Crippen LogP contribution in [0.4, 0.5) is 0 Å². The first-order valence-electron chi connectivity index (χ1n) is 5.63. The first-order chi connectivity index (χ1) is 8.08. The number of hydrogen-bond donors (Lipinski definition) is 2. The first kappa shape index (κ1) is 13.7. The van der Waals surface area contributed by atoms with Crippen molar-refractivity contribution in [3.63, 3.8) is 0 Å². The van der Waals surface area contributed by atoms with Crippen LogP contribution in [0.2, 0.25) is 0 Å². The predicted octanol–water partition coefficient (Wildman–Crippen LogP) is 1.80. The molecule has 2 N–H and O–H groups in total. The van der Waals surface area contributed by atoms with Gasteiger partial charge in [-0.3, -0.25) is 0 Å². The van der Waals surface area contributed by atoms with Crippen LogP contribution in [0.25, 0.3) is 0 Å². The molecule has 0 amide bonds. The lowest BCUT2D eigenvalue weighted by molar-refractivity contribution is 0.0695. The highest BCUT2D eigenvalue weighted by atomic mass is 16.5. The second-order valence-corrected chi connectivity index (χ2v) is 3.93. The number of ether oxygens (including phenoxy) is 1. The summed E-state index contributed by atoms with van der Waals surface area (Å²) in [6.07, 6.45) is 0.944. The molecule has 1 heterocycles. The molecule has 1 rings (SSSR count). The molecule has 0 radical (unpaired) electrons. The van der Waals surface area contributed by atoms with Gasteiger partial charge in [0, 0.05) is 13.2 Å². The molecule has 0 saturated heterocycles. The quantitative estimate of drug-likeness (QED) is 0.761. The van der Waals surface area contributed by atoms with Gasteiger partial charge in [-0.1, -0.05) is 6.92 Å². The van der Waals surface area contributed by atoms with Gasteiger partial charge in [0.2, 0.25) is 0 Å². The smallest absolute Gasteiger partial charge is 0.339 e. The molecule has 1 unspecified atom stereocenters. The number of furan rings is 1. The summed E-state index contributed by atoms with van der Waals surface area (Å²) in [5.74, 6) is 0.116. The normalized spacial score (nSPS) is 12.6. The predicted molar refractivity (Wildman–Crippen MR) is 63.2 cm³/mol. The van der Waals surface area contributed by atoms with Crippen LogP contribution in [0.3, 0.4) is 0 Å². The van der Waals surface area contributed by atoms with Gasteiger partial charge >= 0.3 is 5.97 Å². The summed E-state index contributed by atoms with van der Waals surface area (Å²) in [6.45, 7) is 4.85. The topological polar surface area (TPSA) is 71.7 Å². The van der Waals surface area contributed by atoms with Crippen molar-refractivity contribution in [2.45, 2.75) is 32.9 Å². The number of aromatic carboxylic acids is 1. The summed E-state index contributed by atoms with van der Waals surface area (Å²) >= 11 is 0. The maximum atomic E-state index is 10.8. The van der Waals surface area contributed by atoms with E-state index in [9.17, 15) is 4.79 Å². The molecule has 1 atom stereocenters. The standard InChI is InChI=1S/C12H19NO4/c1-4-9(7-16-3)13-6-10-5-11(12(14)15)8(2)17-10/h5,9,13H,4,6-7H2,1-3H3,(H,14,15). The lowest BCUT2D eigenvalue weighted by Gasteiger charge is -2.14. The van der Waals surface area contributed by atoms with E-state index in [0.717, 1.165) is 6.42 Å². The van der Waals surface area contributed by atoms with Crippen LogP contribution in [0, 0.1) is 6.92 Å². The van der Waals surface area contributed by atoms with Crippen LogP contribution < -0.4 is 5.32 Å². The number of hydrogen-bond acceptors (Lipinski definition) is 4. The molecule has 1 aromatic rings. The summed E-state index contributed by atoms with van der Waals surface area (Å²) < 4.78 is 10.4. The molecule has 0 saturated carbocycles. The Balaban J connectivity index is 2.57. The zero-order chi connectivity index (χ0) is 12.8. The highest BCUT2D eigenvalue weighted by Crippen LogP contribution is 2.14. The Labute approximate surface area is 101 Å². The van der Waals surface area contributed by atoms with E-state index >= 15 is 0 Å². The van der Waals surface area contributed by atoms with Crippen LogP contribution >= 0.6 is 0 Å². The molecular weight excluding hydrogens is 222 g/mol. The van der Waals surface area contributed by atoms with Crippen molar-refractivity contribution in [2.75, 3.05) is 13.7 Å². The van der Waals surface area contributed by atoms with E-state index < -0.39 is 5.97 Å². The SMILES string of the molecule is CCC(COC)NCc1cc(C(=O)O)c(C)o1. The zero-order valence-corrected chi connectivity index (χ0v) is 10.4. The number of carbonyl (C=O) groups is 1. The molecule has 5 heteroatoms. The van der Waals surface area contributed by atoms with Crippen molar-refractivity contribution in [3.8, 4) is 0 Å². The second-order valence-electron chi connectivity index (χ2n) is 3.93. The van der Waals surface area contributed by atoms with Gasteiger partial charge in [-0.15, -0.1) is 0 Å². The fraction of sp³-hybridized carbons (Fsp3) is 0.583. The van der Waals surface area contributed by atoms with Crippen molar-refractivity contribution in [2.24, 2.45) is 0 Å². The Bertz CT molecular complexity index is 373. The van der Waals surface area contributed by atoms with E-state index in [2.05, 4.69) is 12.2 Å². The van der Waals surface area contributed by atoms with Crippen molar-refractivity contribution in [1.82, 2.24) is 5.32 Å². The molecule has 0 aliphatic rings. The summed E-state index contributed by atoms with van der Waals surface area (Å²) in [7, 11) is 1.66. The van der Waals surface area contributed by atoms with Crippen LogP contribution in [0.15, 0.2) is 10.5 Å². The third-order valence-electron chi connectivity index (χ3n) is 2.62. The average Bonchev–Trinajstić information content (AvgIpc) is 2.66. The number of rotatable bonds is 7. The third-order valence-corrected chi connectivity index (χ3v) is 2.62. The third kappa shape index (κ3) is 3.87. The molecule has 0 aliphatic carbocycles. The van der Waals surface area contributed by atoms with Gasteiger partial charge in [-0.25, -0.2) is 4.79 Å². The van der Waals surface area contributed by atoms with E-state index in [0.29, 0.717) is 24.7 Å². The van der Waals surface area contributed by atoms with Crippen molar-refractivity contribution in [3.05, 3.63) is 23.2 Å². The molecule has 0 bridgehead atoms. The summed E-state index contributed by atoms with van der Waals surface area (Å²) in [5.41, 5.74) is 0.224. The van der Waals surface area contributed by atoms with Gasteiger partial charge in [-0.2, -0.15) is 0 Å². The largest absolute Gasteiger partial charge is 0.478 e. The number of methoxy groups -OCH3 is 1. The van der Waals surface area contributed by atoms with Gasteiger partial charge in [0.15, 0.2) is 0 Å². The lowest BCUT2D eigenvalue weighted by atomic mass is 10.2. The van der Waals surface area contributed by atoms with E-state index in [1.54, 1.807) is 20.1 Å². The first-order valence-corrected chi connectivity index (χ1v) is 5.63. The molecule has 96 valence electrons. The Morgan fingerprint density at radius 1 is 1.65 bits per heavy atom. The van der Waals surface area contributed by atoms with Gasteiger partial charge in [-0.05, 0) is 19.4 Å².